The van der Waals surface area contributed by atoms with E-state index in [9.17, 15) is 19.5 Å². The molecule has 31 heavy (non-hydrogen) atoms. The lowest BCUT2D eigenvalue weighted by molar-refractivity contribution is -0.137. The molecule has 2 heterocycles. The molecule has 3 N–H and O–H groups in total. The molecule has 1 aromatic rings. The van der Waals surface area contributed by atoms with Gasteiger partial charge in [-0.1, -0.05) is 12.1 Å². The van der Waals surface area contributed by atoms with Crippen LogP contribution in [0.3, 0.4) is 0 Å². The molecule has 2 fully saturated rings. The number of carboxylic acids is 1. The number of hydrogen-bond donors (Lipinski definition) is 2. The second-order valence-corrected chi connectivity index (χ2v) is 9.02. The average Bonchev–Trinajstić information content (AvgIpc) is 3.29. The minimum Gasteiger partial charge on any atom is -0.478 e. The van der Waals surface area contributed by atoms with Gasteiger partial charge in [0, 0.05) is 25.2 Å². The molecule has 5 atom stereocenters. The minimum absolute atomic E-state index is 0.00559. The van der Waals surface area contributed by atoms with Gasteiger partial charge in [-0.15, -0.1) is 0 Å². The number of carbonyl (C=O) groups excluding carboxylic acids is 2. The normalized spacial score (nSPS) is 25.9. The lowest BCUT2D eigenvalue weighted by Gasteiger charge is -2.31. The topological polar surface area (TPSA) is 107 Å². The van der Waals surface area contributed by atoms with E-state index in [0.29, 0.717) is 13.0 Å². The van der Waals surface area contributed by atoms with Crippen LogP contribution in [0, 0.1) is 0 Å². The van der Waals surface area contributed by atoms with Gasteiger partial charge in [0.05, 0.1) is 23.7 Å². The second-order valence-electron chi connectivity index (χ2n) is 9.02. The molecule has 8 heteroatoms. The Labute approximate surface area is 184 Å². The van der Waals surface area contributed by atoms with Crippen LogP contribution in [0.2, 0.25) is 0 Å². The highest BCUT2D eigenvalue weighted by molar-refractivity contribution is 5.88. The zero-order valence-electron chi connectivity index (χ0n) is 18.8. The molecule has 2 aliphatic rings. The van der Waals surface area contributed by atoms with Crippen molar-refractivity contribution in [3.8, 4) is 0 Å². The van der Waals surface area contributed by atoms with Gasteiger partial charge >= 0.3 is 5.97 Å². The largest absolute Gasteiger partial charge is 0.478 e. The van der Waals surface area contributed by atoms with Crippen molar-refractivity contribution in [2.45, 2.75) is 70.2 Å². The average molecular weight is 431 g/mol. The van der Waals surface area contributed by atoms with E-state index in [-0.39, 0.29) is 41.5 Å². The zero-order chi connectivity index (χ0) is 22.9. The molecule has 3 rings (SSSR count). The number of carboxylic acid groups (broad SMARTS) is 1. The van der Waals surface area contributed by atoms with Gasteiger partial charge in [-0.3, -0.25) is 14.5 Å². The van der Waals surface area contributed by atoms with Gasteiger partial charge < -0.3 is 20.6 Å². The summed E-state index contributed by atoms with van der Waals surface area (Å²) in [5.41, 5.74) is 7.22. The Kier molecular flexibility index (Phi) is 7.01. The van der Waals surface area contributed by atoms with Crippen molar-refractivity contribution in [3.63, 3.8) is 0 Å². The maximum Gasteiger partial charge on any atom is 0.335 e. The summed E-state index contributed by atoms with van der Waals surface area (Å²) in [6.45, 7) is 7.03. The van der Waals surface area contributed by atoms with Crippen LogP contribution in [0.15, 0.2) is 24.3 Å². The van der Waals surface area contributed by atoms with Crippen LogP contribution in [0.1, 0.15) is 62.0 Å². The van der Waals surface area contributed by atoms with Crippen molar-refractivity contribution in [1.82, 2.24) is 14.7 Å². The molecule has 0 bridgehead atoms. The molecule has 2 saturated heterocycles. The summed E-state index contributed by atoms with van der Waals surface area (Å²) < 4.78 is 0. The molecular formula is C23H34N4O4. The summed E-state index contributed by atoms with van der Waals surface area (Å²) in [5.74, 6) is -1.05. The molecular weight excluding hydrogens is 396 g/mol. The van der Waals surface area contributed by atoms with E-state index >= 15 is 0 Å². The molecule has 1 aromatic carbocycles. The van der Waals surface area contributed by atoms with Crippen molar-refractivity contribution < 1.29 is 19.5 Å². The summed E-state index contributed by atoms with van der Waals surface area (Å²) >= 11 is 0. The summed E-state index contributed by atoms with van der Waals surface area (Å²) in [7, 11) is 1.84. The Hall–Kier alpha value is -2.45. The number of nitrogens with two attached hydrogens (primary N) is 1. The lowest BCUT2D eigenvalue weighted by atomic mass is 10.0. The fourth-order valence-electron chi connectivity index (χ4n) is 4.95. The third-order valence-electron chi connectivity index (χ3n) is 6.78. The number of likely N-dealkylation sites (tertiary alicyclic amines) is 2. The zero-order valence-corrected chi connectivity index (χ0v) is 18.8. The number of aromatic carboxylic acids is 1. The minimum atomic E-state index is -0.988. The maximum absolute atomic E-state index is 13.3. The van der Waals surface area contributed by atoms with Gasteiger partial charge in [0.1, 0.15) is 0 Å². The molecule has 0 saturated carbocycles. The molecule has 2 amide bonds. The second kappa shape index (κ2) is 9.36. The van der Waals surface area contributed by atoms with Crippen LogP contribution < -0.4 is 5.73 Å². The molecule has 1 unspecified atom stereocenters. The van der Waals surface area contributed by atoms with Crippen LogP contribution >= 0.6 is 0 Å². The number of carbonyl (C=O) groups is 3. The van der Waals surface area contributed by atoms with Gasteiger partial charge in [0.2, 0.25) is 11.8 Å². The first-order valence-corrected chi connectivity index (χ1v) is 11.0. The Balaban J connectivity index is 1.67. The molecule has 0 spiro atoms. The van der Waals surface area contributed by atoms with E-state index in [0.717, 1.165) is 24.9 Å². The van der Waals surface area contributed by atoms with Gasteiger partial charge in [0.15, 0.2) is 0 Å². The van der Waals surface area contributed by atoms with Gasteiger partial charge in [-0.2, -0.15) is 0 Å². The monoisotopic (exact) mass is 430 g/mol. The smallest absolute Gasteiger partial charge is 0.335 e. The van der Waals surface area contributed by atoms with Crippen LogP contribution in [0.5, 0.6) is 0 Å². The summed E-state index contributed by atoms with van der Waals surface area (Å²) in [6.07, 6.45) is 2.65. The predicted octanol–water partition coefficient (Wildman–Crippen LogP) is 1.71. The fraction of sp³-hybridized carbons (Fsp3) is 0.609. The molecule has 8 nitrogen and oxygen atoms in total. The first kappa shape index (κ1) is 23.2. The third kappa shape index (κ3) is 4.75. The Morgan fingerprint density at radius 3 is 2.61 bits per heavy atom. The van der Waals surface area contributed by atoms with Crippen LogP contribution in [0.25, 0.3) is 0 Å². The van der Waals surface area contributed by atoms with E-state index in [2.05, 4.69) is 0 Å². The molecule has 2 aliphatic heterocycles. The maximum atomic E-state index is 13.3. The molecule has 0 radical (unpaired) electrons. The molecule has 170 valence electrons. The van der Waals surface area contributed by atoms with Crippen molar-refractivity contribution in [2.24, 2.45) is 5.73 Å². The van der Waals surface area contributed by atoms with Gasteiger partial charge in [0.25, 0.3) is 0 Å². The highest BCUT2D eigenvalue weighted by Crippen LogP contribution is 2.32. The number of nitrogens with zero attached hydrogens (tertiary/aromatic N) is 3. The third-order valence-corrected chi connectivity index (χ3v) is 6.78. The first-order valence-electron chi connectivity index (χ1n) is 11.0. The van der Waals surface area contributed by atoms with Crippen molar-refractivity contribution in [3.05, 3.63) is 35.4 Å². The highest BCUT2D eigenvalue weighted by atomic mass is 16.4. The van der Waals surface area contributed by atoms with Crippen molar-refractivity contribution in [2.75, 3.05) is 20.1 Å². The summed E-state index contributed by atoms with van der Waals surface area (Å²) in [4.78, 5) is 42.9. The van der Waals surface area contributed by atoms with Crippen molar-refractivity contribution in [1.29, 1.82) is 0 Å². The number of likely N-dealkylation sites (N-methyl/N-ethyl adjacent to an activating group) is 1. The Morgan fingerprint density at radius 2 is 2.00 bits per heavy atom. The van der Waals surface area contributed by atoms with E-state index < -0.39 is 12.0 Å². The number of benzene rings is 1. The Morgan fingerprint density at radius 1 is 1.29 bits per heavy atom. The van der Waals surface area contributed by atoms with E-state index in [1.165, 1.54) is 0 Å². The van der Waals surface area contributed by atoms with Crippen LogP contribution in [-0.4, -0.2) is 81.9 Å². The number of amides is 2. The molecule has 0 aliphatic carbocycles. The lowest BCUT2D eigenvalue weighted by Crippen LogP contribution is -2.52. The Bertz CT molecular complexity index is 845. The number of hydrogen-bond acceptors (Lipinski definition) is 5. The van der Waals surface area contributed by atoms with E-state index in [1.807, 2.05) is 48.6 Å². The predicted molar refractivity (Wildman–Crippen MR) is 118 cm³/mol. The standard InChI is InChI=1S/C23H34N4O4/c1-14-7-6-10-26(14)21(28)19(24)13-25(4)20-11-15(2)27(22(20)29)16(3)17-8-5-9-18(12-17)23(30)31/h5,8-9,12,14-16,19-20H,6-7,10-11,13,24H2,1-4H3,(H,30,31)/t14-,15-,16+,19+,20?/m1/s1. The van der Waals surface area contributed by atoms with Crippen LogP contribution in [-0.2, 0) is 9.59 Å². The van der Waals surface area contributed by atoms with Crippen molar-refractivity contribution >= 4 is 17.8 Å². The van der Waals surface area contributed by atoms with E-state index in [1.54, 1.807) is 18.2 Å². The highest BCUT2D eigenvalue weighted by Gasteiger charge is 2.42. The SMILES string of the molecule is C[C@@H]1CCCN1C(=O)[C@@H](N)CN(C)C1C[C@@H](C)N([C@@H](C)c2cccc(C(=O)O)c2)C1=O. The van der Waals surface area contributed by atoms with E-state index in [4.69, 9.17) is 5.73 Å². The summed E-state index contributed by atoms with van der Waals surface area (Å²) in [5, 5.41) is 9.27. The molecule has 0 aromatic heterocycles. The summed E-state index contributed by atoms with van der Waals surface area (Å²) in [6, 6.07) is 5.67. The van der Waals surface area contributed by atoms with Crippen LogP contribution in [0.4, 0.5) is 0 Å². The van der Waals surface area contributed by atoms with Gasteiger partial charge in [-0.25, -0.2) is 4.79 Å². The quantitative estimate of drug-likeness (QED) is 0.682. The van der Waals surface area contributed by atoms with Gasteiger partial charge in [-0.05, 0) is 64.8 Å². The fourth-order valence-corrected chi connectivity index (χ4v) is 4.95. The number of rotatable bonds is 7. The first-order chi connectivity index (χ1) is 14.6.